The van der Waals surface area contributed by atoms with E-state index in [2.05, 4.69) is 26.1 Å². The zero-order chi connectivity index (χ0) is 14.5. The van der Waals surface area contributed by atoms with E-state index in [1.165, 1.54) is 0 Å². The van der Waals surface area contributed by atoms with Gasteiger partial charge in [-0.15, -0.1) is 0 Å². The molecule has 1 aromatic carbocycles. The van der Waals surface area contributed by atoms with Crippen LogP contribution in [0.25, 0.3) is 0 Å². The molecule has 0 saturated heterocycles. The number of rotatable bonds is 4. The number of nitrogens with zero attached hydrogens (tertiary/aromatic N) is 3. The van der Waals surface area contributed by atoms with Crippen molar-refractivity contribution in [2.75, 3.05) is 11.9 Å². The highest BCUT2D eigenvalue weighted by Crippen LogP contribution is 2.23. The van der Waals surface area contributed by atoms with E-state index >= 15 is 0 Å². The first-order valence-corrected chi connectivity index (χ1v) is 6.79. The van der Waals surface area contributed by atoms with Gasteiger partial charge in [0, 0.05) is 29.8 Å². The summed E-state index contributed by atoms with van der Waals surface area (Å²) in [5.41, 5.74) is 8.29. The summed E-state index contributed by atoms with van der Waals surface area (Å²) in [6, 6.07) is 9.72. The van der Waals surface area contributed by atoms with Crippen LogP contribution in [0.3, 0.4) is 0 Å². The van der Waals surface area contributed by atoms with Gasteiger partial charge < -0.3 is 15.8 Å². The number of halogens is 1. The van der Waals surface area contributed by atoms with Crippen LogP contribution in [0.2, 0.25) is 0 Å². The molecule has 1 aromatic heterocycles. The van der Waals surface area contributed by atoms with Crippen molar-refractivity contribution < 1.29 is 5.21 Å². The van der Waals surface area contributed by atoms with Crippen molar-refractivity contribution >= 4 is 27.5 Å². The monoisotopic (exact) mass is 334 g/mol. The molecular formula is C14H15BrN4O. The molecule has 0 radical (unpaired) electrons. The van der Waals surface area contributed by atoms with Crippen LogP contribution in [0.4, 0.5) is 5.69 Å². The van der Waals surface area contributed by atoms with E-state index in [0.717, 1.165) is 15.7 Å². The number of hydrogen-bond donors (Lipinski definition) is 2. The van der Waals surface area contributed by atoms with E-state index in [0.29, 0.717) is 12.1 Å². The topological polar surface area (TPSA) is 74.7 Å². The van der Waals surface area contributed by atoms with E-state index in [1.807, 2.05) is 36.2 Å². The van der Waals surface area contributed by atoms with Gasteiger partial charge in [-0.1, -0.05) is 39.3 Å². The highest BCUT2D eigenvalue weighted by Gasteiger charge is 2.12. The standard InChI is InChI=1S/C14H15BrN4O/c1-19(9-10-4-2-3-5-12(10)15)13-8-17-7-6-11(13)14(16)18-20/h2-8,20H,9H2,1H3,(H2,16,18). The van der Waals surface area contributed by atoms with E-state index < -0.39 is 0 Å². The third kappa shape index (κ3) is 3.08. The normalized spacial score (nSPS) is 11.4. The highest BCUT2D eigenvalue weighted by molar-refractivity contribution is 9.10. The van der Waals surface area contributed by atoms with Gasteiger partial charge in [-0.25, -0.2) is 0 Å². The summed E-state index contributed by atoms with van der Waals surface area (Å²) < 4.78 is 1.04. The van der Waals surface area contributed by atoms with Crippen LogP contribution in [0.5, 0.6) is 0 Å². The first-order chi connectivity index (χ1) is 9.63. The molecule has 5 nitrogen and oxygen atoms in total. The van der Waals surface area contributed by atoms with Crippen molar-refractivity contribution in [3.05, 3.63) is 58.3 Å². The number of anilines is 1. The van der Waals surface area contributed by atoms with Gasteiger partial charge in [0.2, 0.25) is 0 Å². The Kier molecular flexibility index (Phi) is 4.57. The van der Waals surface area contributed by atoms with Crippen LogP contribution in [-0.4, -0.2) is 23.1 Å². The molecule has 0 aliphatic heterocycles. The molecule has 3 N–H and O–H groups in total. The average molecular weight is 335 g/mol. The fourth-order valence-electron chi connectivity index (χ4n) is 1.93. The molecule has 2 rings (SSSR count). The van der Waals surface area contributed by atoms with Gasteiger partial charge in [-0.05, 0) is 17.7 Å². The van der Waals surface area contributed by atoms with Crippen molar-refractivity contribution in [2.45, 2.75) is 6.54 Å². The molecule has 0 atom stereocenters. The molecule has 0 saturated carbocycles. The molecular weight excluding hydrogens is 320 g/mol. The number of pyridine rings is 1. The van der Waals surface area contributed by atoms with Crippen LogP contribution in [0.15, 0.2) is 52.4 Å². The Hall–Kier alpha value is -2.08. The molecule has 6 heteroatoms. The number of amidine groups is 1. The second-order valence-electron chi connectivity index (χ2n) is 4.33. The van der Waals surface area contributed by atoms with E-state index in [4.69, 9.17) is 10.9 Å². The number of benzene rings is 1. The third-order valence-electron chi connectivity index (χ3n) is 2.96. The summed E-state index contributed by atoms with van der Waals surface area (Å²) in [4.78, 5) is 6.10. The molecule has 0 aliphatic rings. The predicted molar refractivity (Wildman–Crippen MR) is 83.0 cm³/mol. The van der Waals surface area contributed by atoms with Gasteiger partial charge in [-0.3, -0.25) is 4.98 Å². The van der Waals surface area contributed by atoms with E-state index in [-0.39, 0.29) is 5.84 Å². The Morgan fingerprint density at radius 1 is 1.40 bits per heavy atom. The number of hydrogen-bond acceptors (Lipinski definition) is 4. The van der Waals surface area contributed by atoms with Crippen molar-refractivity contribution in [3.8, 4) is 0 Å². The maximum absolute atomic E-state index is 8.84. The van der Waals surface area contributed by atoms with Gasteiger partial charge in [0.05, 0.1) is 11.9 Å². The summed E-state index contributed by atoms with van der Waals surface area (Å²) in [7, 11) is 1.94. The van der Waals surface area contributed by atoms with Crippen LogP contribution >= 0.6 is 15.9 Å². The van der Waals surface area contributed by atoms with Gasteiger partial charge in [-0.2, -0.15) is 0 Å². The molecule has 0 unspecified atom stereocenters. The molecule has 0 bridgehead atoms. The number of nitrogens with two attached hydrogens (primary N) is 1. The molecule has 2 aromatic rings. The lowest BCUT2D eigenvalue weighted by atomic mass is 10.1. The Labute approximate surface area is 125 Å². The first-order valence-electron chi connectivity index (χ1n) is 6.00. The summed E-state index contributed by atoms with van der Waals surface area (Å²) >= 11 is 3.53. The first kappa shape index (κ1) is 14.3. The van der Waals surface area contributed by atoms with Gasteiger partial charge in [0.15, 0.2) is 5.84 Å². The summed E-state index contributed by atoms with van der Waals surface area (Å²) in [6.07, 6.45) is 3.31. The third-order valence-corrected chi connectivity index (χ3v) is 3.73. The SMILES string of the molecule is CN(Cc1ccccc1Br)c1cnccc1/C(N)=N/O. The minimum atomic E-state index is 0.0707. The summed E-state index contributed by atoms with van der Waals surface area (Å²) in [5, 5.41) is 11.9. The Bertz CT molecular complexity index is 630. The van der Waals surface area contributed by atoms with Crippen molar-refractivity contribution in [1.29, 1.82) is 0 Å². The minimum absolute atomic E-state index is 0.0707. The Morgan fingerprint density at radius 2 is 2.15 bits per heavy atom. The van der Waals surface area contributed by atoms with E-state index in [9.17, 15) is 0 Å². The molecule has 1 heterocycles. The lowest BCUT2D eigenvalue weighted by molar-refractivity contribution is 0.318. The van der Waals surface area contributed by atoms with Crippen LogP contribution < -0.4 is 10.6 Å². The zero-order valence-corrected chi connectivity index (χ0v) is 12.6. The largest absolute Gasteiger partial charge is 0.409 e. The maximum atomic E-state index is 8.84. The maximum Gasteiger partial charge on any atom is 0.172 e. The fraction of sp³-hybridized carbons (Fsp3) is 0.143. The van der Waals surface area contributed by atoms with Crippen molar-refractivity contribution in [1.82, 2.24) is 4.98 Å². The number of oxime groups is 1. The lowest BCUT2D eigenvalue weighted by Gasteiger charge is -2.22. The fourth-order valence-corrected chi connectivity index (χ4v) is 2.34. The predicted octanol–water partition coefficient (Wildman–Crippen LogP) is 2.57. The summed E-state index contributed by atoms with van der Waals surface area (Å²) in [5.74, 6) is 0.0707. The van der Waals surface area contributed by atoms with Crippen LogP contribution in [0, 0.1) is 0 Å². The van der Waals surface area contributed by atoms with Gasteiger partial charge in [0.1, 0.15) is 0 Å². The van der Waals surface area contributed by atoms with Crippen molar-refractivity contribution in [2.24, 2.45) is 10.9 Å². The van der Waals surface area contributed by atoms with E-state index in [1.54, 1.807) is 18.5 Å². The second-order valence-corrected chi connectivity index (χ2v) is 5.18. The molecule has 104 valence electrons. The molecule has 0 fully saturated rings. The molecule has 20 heavy (non-hydrogen) atoms. The second kappa shape index (κ2) is 6.38. The quantitative estimate of drug-likeness (QED) is 0.390. The minimum Gasteiger partial charge on any atom is -0.409 e. The zero-order valence-electron chi connectivity index (χ0n) is 11.0. The van der Waals surface area contributed by atoms with Gasteiger partial charge in [0.25, 0.3) is 0 Å². The average Bonchev–Trinajstić information content (AvgIpc) is 2.48. The Morgan fingerprint density at radius 3 is 2.85 bits per heavy atom. The molecule has 0 amide bonds. The highest BCUT2D eigenvalue weighted by atomic mass is 79.9. The number of aromatic nitrogens is 1. The lowest BCUT2D eigenvalue weighted by Crippen LogP contribution is -2.23. The smallest absolute Gasteiger partial charge is 0.172 e. The van der Waals surface area contributed by atoms with Crippen LogP contribution in [0.1, 0.15) is 11.1 Å². The molecule has 0 spiro atoms. The Balaban J connectivity index is 2.30. The van der Waals surface area contributed by atoms with Crippen molar-refractivity contribution in [3.63, 3.8) is 0 Å². The van der Waals surface area contributed by atoms with Gasteiger partial charge >= 0.3 is 0 Å². The molecule has 0 aliphatic carbocycles. The summed E-state index contributed by atoms with van der Waals surface area (Å²) in [6.45, 7) is 0.679. The van der Waals surface area contributed by atoms with Crippen LogP contribution in [-0.2, 0) is 6.54 Å².